The van der Waals surface area contributed by atoms with Gasteiger partial charge in [-0.3, -0.25) is 9.69 Å². The lowest BCUT2D eigenvalue weighted by atomic mass is 10.1. The van der Waals surface area contributed by atoms with Crippen LogP contribution in [-0.4, -0.2) is 56.2 Å². The zero-order valence-corrected chi connectivity index (χ0v) is 18.4. The smallest absolute Gasteiger partial charge is 0.235 e. The molecule has 0 aromatic carbocycles. The summed E-state index contributed by atoms with van der Waals surface area (Å²) in [7, 11) is -3.57. The van der Waals surface area contributed by atoms with E-state index < -0.39 is 21.5 Å². The van der Waals surface area contributed by atoms with Gasteiger partial charge in [-0.25, -0.2) is 13.4 Å². The van der Waals surface area contributed by atoms with Gasteiger partial charge < -0.3 is 14.5 Å². The summed E-state index contributed by atoms with van der Waals surface area (Å²) in [6.45, 7) is 3.71. The number of carbonyl (C=O) groups excluding carboxylic acids is 1. The van der Waals surface area contributed by atoms with E-state index in [0.717, 1.165) is 19.6 Å². The number of pyridine rings is 1. The molecule has 9 heteroatoms. The number of piperidine rings is 1. The number of amides is 1. The lowest BCUT2D eigenvalue weighted by molar-refractivity contribution is -0.118. The van der Waals surface area contributed by atoms with Gasteiger partial charge >= 0.3 is 0 Å². The summed E-state index contributed by atoms with van der Waals surface area (Å²) in [5, 5.41) is 2.56. The number of hydrogen-bond acceptors (Lipinski definition) is 7. The van der Waals surface area contributed by atoms with Crippen LogP contribution in [0.5, 0.6) is 5.88 Å². The number of hydrogen-bond donors (Lipinski definition) is 1. The van der Waals surface area contributed by atoms with E-state index in [-0.39, 0.29) is 12.3 Å². The first-order chi connectivity index (χ1) is 15.0. The topological polar surface area (TPSA) is 102 Å². The Balaban J connectivity index is 1.34. The number of carbonyl (C=O) groups is 1. The number of aromatic nitrogens is 1. The van der Waals surface area contributed by atoms with E-state index >= 15 is 0 Å². The fraction of sp³-hybridized carbons (Fsp3) is 0.455. The number of nitrogens with one attached hydrogen (secondary N) is 1. The Kier molecular flexibility index (Phi) is 8.66. The van der Waals surface area contributed by atoms with Crippen LogP contribution in [0.4, 0.5) is 0 Å². The second-order valence-corrected chi connectivity index (χ2v) is 9.60. The van der Waals surface area contributed by atoms with Gasteiger partial charge in [0.15, 0.2) is 9.84 Å². The van der Waals surface area contributed by atoms with Crippen molar-refractivity contribution in [3.05, 3.63) is 60.2 Å². The van der Waals surface area contributed by atoms with E-state index in [0.29, 0.717) is 18.2 Å². The molecule has 3 rings (SSSR count). The minimum atomic E-state index is -3.57. The number of furan rings is 1. The Morgan fingerprint density at radius 1 is 1.23 bits per heavy atom. The molecule has 2 aromatic rings. The minimum Gasteiger partial charge on any atom is -0.473 e. The van der Waals surface area contributed by atoms with Crippen molar-refractivity contribution in [1.82, 2.24) is 15.2 Å². The monoisotopic (exact) mass is 447 g/mol. The van der Waals surface area contributed by atoms with E-state index in [4.69, 9.17) is 9.15 Å². The van der Waals surface area contributed by atoms with Gasteiger partial charge in [-0.2, -0.15) is 0 Å². The van der Waals surface area contributed by atoms with Crippen molar-refractivity contribution in [2.75, 3.05) is 32.0 Å². The molecule has 1 aliphatic heterocycles. The number of sulfone groups is 1. The summed E-state index contributed by atoms with van der Waals surface area (Å²) < 4.78 is 34.6. The highest BCUT2D eigenvalue weighted by Gasteiger charge is 2.18. The molecule has 2 aromatic heterocycles. The minimum absolute atomic E-state index is 0.223. The molecule has 0 unspecified atom stereocenters. The van der Waals surface area contributed by atoms with Crippen LogP contribution < -0.4 is 10.1 Å². The van der Waals surface area contributed by atoms with E-state index in [1.807, 2.05) is 12.1 Å². The molecule has 0 bridgehead atoms. The van der Waals surface area contributed by atoms with E-state index in [1.165, 1.54) is 31.1 Å². The fourth-order valence-corrected chi connectivity index (χ4v) is 4.58. The molecule has 0 radical (unpaired) electrons. The molecule has 1 saturated heterocycles. The van der Waals surface area contributed by atoms with Crippen LogP contribution >= 0.6 is 0 Å². The molecule has 8 nitrogen and oxygen atoms in total. The van der Waals surface area contributed by atoms with Crippen molar-refractivity contribution in [2.45, 2.75) is 31.6 Å². The highest BCUT2D eigenvalue weighted by molar-refractivity contribution is 7.91. The predicted octanol–water partition coefficient (Wildman–Crippen LogP) is 2.33. The molecular formula is C22H29N3O5S. The standard InChI is InChI=1S/C22H29N3O5S/c26-21(18-31(27,28)17-20-7-6-14-29-20)23-9-2-5-13-30-22-15-19(8-10-24-22)16-25-11-3-1-4-12-25/h2,5-8,10,14-15H,1,3-4,9,11-13,16-18H2,(H,23,26). The zero-order chi connectivity index (χ0) is 21.9. The van der Waals surface area contributed by atoms with E-state index in [2.05, 4.69) is 15.2 Å². The summed E-state index contributed by atoms with van der Waals surface area (Å²) in [6.07, 6.45) is 10.5. The SMILES string of the molecule is O=C(CS(=O)(=O)Cc1ccco1)NCC=CCOc1cc(CN2CCCCC2)ccn1. The summed E-state index contributed by atoms with van der Waals surface area (Å²) in [5.74, 6) is -0.540. The van der Waals surface area contributed by atoms with Crippen molar-refractivity contribution in [3.63, 3.8) is 0 Å². The van der Waals surface area contributed by atoms with Crippen molar-refractivity contribution < 1.29 is 22.4 Å². The molecule has 1 N–H and O–H groups in total. The summed E-state index contributed by atoms with van der Waals surface area (Å²) >= 11 is 0. The first-order valence-electron chi connectivity index (χ1n) is 10.4. The third kappa shape index (κ3) is 8.55. The van der Waals surface area contributed by atoms with Crippen LogP contribution in [-0.2, 0) is 26.9 Å². The van der Waals surface area contributed by atoms with Gasteiger partial charge in [0.25, 0.3) is 0 Å². The molecule has 1 amide bonds. The molecule has 1 fully saturated rings. The lowest BCUT2D eigenvalue weighted by Gasteiger charge is -2.26. The second-order valence-electron chi connectivity index (χ2n) is 7.54. The van der Waals surface area contributed by atoms with Gasteiger partial charge in [0, 0.05) is 25.4 Å². The van der Waals surface area contributed by atoms with Crippen LogP contribution in [0.1, 0.15) is 30.6 Å². The van der Waals surface area contributed by atoms with Crippen molar-refractivity contribution >= 4 is 15.7 Å². The predicted molar refractivity (Wildman–Crippen MR) is 117 cm³/mol. The van der Waals surface area contributed by atoms with Crippen LogP contribution in [0.3, 0.4) is 0 Å². The largest absolute Gasteiger partial charge is 0.473 e. The van der Waals surface area contributed by atoms with Gasteiger partial charge in [-0.15, -0.1) is 0 Å². The van der Waals surface area contributed by atoms with Crippen LogP contribution in [0.15, 0.2) is 53.3 Å². The molecule has 168 valence electrons. The maximum Gasteiger partial charge on any atom is 0.235 e. The third-order valence-electron chi connectivity index (χ3n) is 4.86. The fourth-order valence-electron chi connectivity index (χ4n) is 3.37. The number of likely N-dealkylation sites (tertiary alicyclic amines) is 1. The molecule has 31 heavy (non-hydrogen) atoms. The Bertz CT molecular complexity index is 951. The van der Waals surface area contributed by atoms with Crippen LogP contribution in [0, 0.1) is 0 Å². The first kappa shape index (κ1) is 23.0. The molecule has 0 spiro atoms. The number of rotatable bonds is 11. The van der Waals surface area contributed by atoms with Gasteiger partial charge in [0.05, 0.1) is 6.26 Å². The average molecular weight is 448 g/mol. The molecule has 0 atom stereocenters. The van der Waals surface area contributed by atoms with Gasteiger partial charge in [0.2, 0.25) is 11.8 Å². The lowest BCUT2D eigenvalue weighted by Crippen LogP contribution is -2.30. The maximum atomic E-state index is 12.0. The molecule has 1 aliphatic rings. The van der Waals surface area contributed by atoms with Crippen LogP contribution in [0.2, 0.25) is 0 Å². The number of ether oxygens (including phenoxy) is 1. The Hall–Kier alpha value is -2.65. The molecule has 3 heterocycles. The summed E-state index contributed by atoms with van der Waals surface area (Å²) in [4.78, 5) is 18.5. The van der Waals surface area contributed by atoms with Crippen molar-refractivity contribution in [1.29, 1.82) is 0 Å². The van der Waals surface area contributed by atoms with Crippen molar-refractivity contribution in [3.8, 4) is 5.88 Å². The van der Waals surface area contributed by atoms with Crippen LogP contribution in [0.25, 0.3) is 0 Å². The Morgan fingerprint density at radius 2 is 2.06 bits per heavy atom. The van der Waals surface area contributed by atoms with Gasteiger partial charge in [-0.05, 0) is 55.8 Å². The quantitative estimate of drug-likeness (QED) is 0.528. The normalized spacial score (nSPS) is 15.2. The molecule has 0 saturated carbocycles. The maximum absolute atomic E-state index is 12.0. The number of nitrogens with zero attached hydrogens (tertiary/aromatic N) is 2. The van der Waals surface area contributed by atoms with Gasteiger partial charge in [-0.1, -0.05) is 12.5 Å². The second kappa shape index (κ2) is 11.7. The van der Waals surface area contributed by atoms with Crippen molar-refractivity contribution in [2.24, 2.45) is 0 Å². The zero-order valence-electron chi connectivity index (χ0n) is 17.5. The highest BCUT2D eigenvalue weighted by Crippen LogP contribution is 2.15. The summed E-state index contributed by atoms with van der Waals surface area (Å²) in [6, 6.07) is 7.13. The van der Waals surface area contributed by atoms with E-state index in [9.17, 15) is 13.2 Å². The molecule has 0 aliphatic carbocycles. The van der Waals surface area contributed by atoms with Gasteiger partial charge in [0.1, 0.15) is 23.9 Å². The Morgan fingerprint density at radius 3 is 2.84 bits per heavy atom. The average Bonchev–Trinajstić information content (AvgIpc) is 3.23. The van der Waals surface area contributed by atoms with E-state index in [1.54, 1.807) is 30.5 Å². The first-order valence-corrected chi connectivity index (χ1v) is 12.3. The highest BCUT2D eigenvalue weighted by atomic mass is 32.2. The Labute approximate surface area is 183 Å². The summed E-state index contributed by atoms with van der Waals surface area (Å²) in [5.41, 5.74) is 1.18. The third-order valence-corrected chi connectivity index (χ3v) is 6.28. The molecular weight excluding hydrogens is 418 g/mol.